The molecule has 3 rings (SSSR count). The highest BCUT2D eigenvalue weighted by Gasteiger charge is 2.38. The molecule has 1 fully saturated rings. The molecular weight excluding hydrogens is 276 g/mol. The highest BCUT2D eigenvalue weighted by molar-refractivity contribution is 6.32. The first kappa shape index (κ1) is 13.7. The molecule has 0 aromatic heterocycles. The first-order valence-electron chi connectivity index (χ1n) is 7.11. The van der Waals surface area contributed by atoms with Gasteiger partial charge in [-0.1, -0.05) is 36.6 Å². The summed E-state index contributed by atoms with van der Waals surface area (Å²) in [6.07, 6.45) is 4.34. The Morgan fingerprint density at radius 2 is 2.15 bits per heavy atom. The smallest absolute Gasteiger partial charge is 0.240 e. The number of hydrogen-bond donors (Lipinski definition) is 2. The van der Waals surface area contributed by atoms with Gasteiger partial charge in [-0.3, -0.25) is 4.79 Å². The molecule has 1 aliphatic heterocycles. The summed E-state index contributed by atoms with van der Waals surface area (Å²) < 4.78 is 5.60. The number of amides is 1. The number of ether oxygens (including phenoxy) is 1. The maximum absolute atomic E-state index is 12.4. The maximum Gasteiger partial charge on any atom is 0.240 e. The number of fused-ring (bicyclic) bond motifs is 1. The normalized spacial score (nSPS) is 23.8. The minimum atomic E-state index is -0.697. The van der Waals surface area contributed by atoms with Crippen LogP contribution in [0.3, 0.4) is 0 Å². The van der Waals surface area contributed by atoms with Gasteiger partial charge >= 0.3 is 0 Å². The highest BCUT2D eigenvalue weighted by atomic mass is 35.5. The Labute approximate surface area is 123 Å². The second-order valence-corrected chi connectivity index (χ2v) is 6.09. The SMILES string of the molecule is NC1(C(=O)NC2CCOc3c(Cl)cccc32)CCCC1. The average molecular weight is 295 g/mol. The second kappa shape index (κ2) is 5.26. The Hall–Kier alpha value is -1.26. The van der Waals surface area contributed by atoms with Crippen molar-refractivity contribution in [1.82, 2.24) is 5.32 Å². The number of carbonyl (C=O) groups excluding carboxylic acids is 1. The zero-order chi connectivity index (χ0) is 14.2. The summed E-state index contributed by atoms with van der Waals surface area (Å²) in [6, 6.07) is 5.56. The van der Waals surface area contributed by atoms with Crippen LogP contribution < -0.4 is 15.8 Å². The van der Waals surface area contributed by atoms with E-state index >= 15 is 0 Å². The summed E-state index contributed by atoms with van der Waals surface area (Å²) in [7, 11) is 0. The molecule has 108 valence electrons. The van der Waals surface area contributed by atoms with Crippen LogP contribution in [0.1, 0.15) is 43.7 Å². The highest BCUT2D eigenvalue weighted by Crippen LogP contribution is 2.38. The Kier molecular flexibility index (Phi) is 3.61. The molecule has 1 aromatic carbocycles. The Balaban J connectivity index is 1.80. The summed E-state index contributed by atoms with van der Waals surface area (Å²) in [5.74, 6) is 0.635. The van der Waals surface area contributed by atoms with Gasteiger partial charge in [0.1, 0.15) is 5.75 Å². The summed E-state index contributed by atoms with van der Waals surface area (Å²) in [5.41, 5.74) is 6.45. The van der Waals surface area contributed by atoms with Gasteiger partial charge in [-0.25, -0.2) is 0 Å². The number of halogens is 1. The third kappa shape index (κ3) is 2.38. The molecule has 1 saturated carbocycles. The lowest BCUT2D eigenvalue weighted by Gasteiger charge is -2.31. The van der Waals surface area contributed by atoms with E-state index in [1.54, 1.807) is 6.07 Å². The van der Waals surface area contributed by atoms with E-state index in [1.807, 2.05) is 12.1 Å². The van der Waals surface area contributed by atoms with E-state index in [4.69, 9.17) is 22.1 Å². The molecule has 1 aliphatic carbocycles. The minimum absolute atomic E-state index is 0.0483. The van der Waals surface area contributed by atoms with Crippen molar-refractivity contribution in [1.29, 1.82) is 0 Å². The first-order chi connectivity index (χ1) is 9.60. The van der Waals surface area contributed by atoms with Crippen LogP contribution in [0.4, 0.5) is 0 Å². The number of hydrogen-bond acceptors (Lipinski definition) is 3. The summed E-state index contributed by atoms with van der Waals surface area (Å²) >= 11 is 6.14. The minimum Gasteiger partial charge on any atom is -0.492 e. The van der Waals surface area contributed by atoms with Crippen LogP contribution in [0.15, 0.2) is 18.2 Å². The Morgan fingerprint density at radius 1 is 1.40 bits per heavy atom. The van der Waals surface area contributed by atoms with E-state index < -0.39 is 5.54 Å². The van der Waals surface area contributed by atoms with Crippen molar-refractivity contribution in [3.8, 4) is 5.75 Å². The van der Waals surface area contributed by atoms with Gasteiger partial charge in [0.15, 0.2) is 0 Å². The van der Waals surface area contributed by atoms with E-state index in [-0.39, 0.29) is 11.9 Å². The predicted octanol–water partition coefficient (Wildman–Crippen LogP) is 2.55. The van der Waals surface area contributed by atoms with Crippen molar-refractivity contribution in [3.63, 3.8) is 0 Å². The van der Waals surface area contributed by atoms with E-state index in [9.17, 15) is 4.79 Å². The molecule has 5 heteroatoms. The Morgan fingerprint density at radius 3 is 2.90 bits per heavy atom. The van der Waals surface area contributed by atoms with Gasteiger partial charge in [0.2, 0.25) is 5.91 Å². The summed E-state index contributed by atoms with van der Waals surface area (Å²) in [4.78, 5) is 12.4. The quantitative estimate of drug-likeness (QED) is 0.881. The van der Waals surface area contributed by atoms with Gasteiger partial charge in [0.25, 0.3) is 0 Å². The molecule has 2 aliphatic rings. The largest absolute Gasteiger partial charge is 0.492 e. The number of nitrogens with one attached hydrogen (secondary N) is 1. The van der Waals surface area contributed by atoms with Crippen LogP contribution >= 0.6 is 11.6 Å². The number of nitrogens with two attached hydrogens (primary N) is 1. The third-order valence-corrected chi connectivity index (χ3v) is 4.58. The fraction of sp³-hybridized carbons (Fsp3) is 0.533. The molecule has 20 heavy (non-hydrogen) atoms. The molecule has 1 atom stereocenters. The van der Waals surface area contributed by atoms with Crippen molar-refractivity contribution in [2.24, 2.45) is 5.73 Å². The number of para-hydroxylation sites is 1. The molecule has 4 nitrogen and oxygen atoms in total. The molecule has 0 bridgehead atoms. The molecule has 0 spiro atoms. The zero-order valence-corrected chi connectivity index (χ0v) is 12.1. The maximum atomic E-state index is 12.4. The van der Waals surface area contributed by atoms with Gasteiger partial charge in [-0.2, -0.15) is 0 Å². The fourth-order valence-corrected chi connectivity index (χ4v) is 3.31. The number of benzene rings is 1. The topological polar surface area (TPSA) is 64.4 Å². The van der Waals surface area contributed by atoms with Gasteiger partial charge in [-0.15, -0.1) is 0 Å². The predicted molar refractivity (Wildman–Crippen MR) is 77.8 cm³/mol. The summed E-state index contributed by atoms with van der Waals surface area (Å²) in [5, 5.41) is 3.67. The Bertz CT molecular complexity index is 527. The van der Waals surface area contributed by atoms with E-state index in [2.05, 4.69) is 5.32 Å². The first-order valence-corrected chi connectivity index (χ1v) is 7.49. The molecular formula is C15H19ClN2O2. The van der Waals surface area contributed by atoms with Crippen LogP contribution in [-0.2, 0) is 4.79 Å². The summed E-state index contributed by atoms with van der Waals surface area (Å²) in [6.45, 7) is 0.555. The van der Waals surface area contributed by atoms with Crippen LogP contribution in [0, 0.1) is 0 Å². The fourth-order valence-electron chi connectivity index (χ4n) is 3.07. The number of rotatable bonds is 2. The van der Waals surface area contributed by atoms with Crippen molar-refractivity contribution in [3.05, 3.63) is 28.8 Å². The lowest BCUT2D eigenvalue weighted by molar-refractivity contribution is -0.127. The van der Waals surface area contributed by atoms with Crippen LogP contribution in [0.2, 0.25) is 5.02 Å². The molecule has 1 heterocycles. The van der Waals surface area contributed by atoms with Crippen molar-refractivity contribution in [2.75, 3.05) is 6.61 Å². The third-order valence-electron chi connectivity index (χ3n) is 4.28. The molecule has 3 N–H and O–H groups in total. The van der Waals surface area contributed by atoms with Crippen molar-refractivity contribution in [2.45, 2.75) is 43.7 Å². The van der Waals surface area contributed by atoms with Gasteiger partial charge in [0.05, 0.1) is 23.2 Å². The number of carbonyl (C=O) groups is 1. The van der Waals surface area contributed by atoms with Crippen LogP contribution in [-0.4, -0.2) is 18.1 Å². The van der Waals surface area contributed by atoms with Gasteiger partial charge in [-0.05, 0) is 18.9 Å². The monoisotopic (exact) mass is 294 g/mol. The van der Waals surface area contributed by atoms with E-state index in [0.29, 0.717) is 17.4 Å². The molecule has 0 saturated heterocycles. The molecule has 0 radical (unpaired) electrons. The lowest BCUT2D eigenvalue weighted by atomic mass is 9.95. The van der Waals surface area contributed by atoms with Gasteiger partial charge in [0, 0.05) is 12.0 Å². The lowest BCUT2D eigenvalue weighted by Crippen LogP contribution is -2.53. The standard InChI is InChI=1S/C15H19ClN2O2/c16-11-5-3-4-10-12(6-9-20-13(10)11)18-14(19)15(17)7-1-2-8-15/h3-5,12H,1-2,6-9,17H2,(H,18,19). The molecule has 1 amide bonds. The van der Waals surface area contributed by atoms with E-state index in [0.717, 1.165) is 37.7 Å². The van der Waals surface area contributed by atoms with Gasteiger partial charge < -0.3 is 15.8 Å². The van der Waals surface area contributed by atoms with Crippen LogP contribution in [0.5, 0.6) is 5.75 Å². The van der Waals surface area contributed by atoms with Crippen molar-refractivity contribution >= 4 is 17.5 Å². The van der Waals surface area contributed by atoms with Crippen LogP contribution in [0.25, 0.3) is 0 Å². The second-order valence-electron chi connectivity index (χ2n) is 5.68. The zero-order valence-electron chi connectivity index (χ0n) is 11.3. The molecule has 1 unspecified atom stereocenters. The van der Waals surface area contributed by atoms with Crippen molar-refractivity contribution < 1.29 is 9.53 Å². The molecule has 1 aromatic rings. The van der Waals surface area contributed by atoms with E-state index in [1.165, 1.54) is 0 Å². The average Bonchev–Trinajstić information content (AvgIpc) is 2.88.